The summed E-state index contributed by atoms with van der Waals surface area (Å²) in [5.41, 5.74) is 4.92. The summed E-state index contributed by atoms with van der Waals surface area (Å²) < 4.78 is 3.60. The Morgan fingerprint density at radius 2 is 1.77 bits per heavy atom. The molecule has 1 amide bonds. The molecule has 4 aromatic rings. The first kappa shape index (κ1) is 21.2. The third-order valence-electron chi connectivity index (χ3n) is 5.02. The molecule has 2 aromatic carbocycles. The summed E-state index contributed by atoms with van der Waals surface area (Å²) in [5, 5.41) is 13.0. The Bertz CT molecular complexity index is 1230. The van der Waals surface area contributed by atoms with E-state index in [2.05, 4.69) is 15.5 Å². The average Bonchev–Trinajstić information content (AvgIpc) is 3.29. The van der Waals surface area contributed by atoms with Crippen molar-refractivity contribution in [3.8, 4) is 0 Å². The summed E-state index contributed by atoms with van der Waals surface area (Å²) in [6, 6.07) is 15.0. The third kappa shape index (κ3) is 4.81. The van der Waals surface area contributed by atoms with Gasteiger partial charge in [-0.15, -0.1) is 0 Å². The average molecular weight is 454 g/mol. The number of carbonyl (C=O) groups excluding carboxylic acids is 1. The maximum atomic E-state index is 12.6. The molecular weight excluding hydrogens is 433 g/mol. The van der Waals surface area contributed by atoms with Crippen molar-refractivity contribution in [2.24, 2.45) is 0 Å². The van der Waals surface area contributed by atoms with Gasteiger partial charge in [0.15, 0.2) is 0 Å². The van der Waals surface area contributed by atoms with Gasteiger partial charge in [-0.3, -0.25) is 14.2 Å². The number of benzene rings is 2. The molecule has 0 bridgehead atoms. The molecule has 2 heterocycles. The number of amides is 1. The van der Waals surface area contributed by atoms with Gasteiger partial charge in [0, 0.05) is 16.8 Å². The fourth-order valence-corrected chi connectivity index (χ4v) is 3.61. The number of carbonyl (C=O) groups is 1. The van der Waals surface area contributed by atoms with Gasteiger partial charge >= 0.3 is 0 Å². The standard InChI is InChI=1S/C23H21Cl2N5O/c1-15-22(25)16(2)30(28-15)12-17-7-9-18(10-8-17)23(31)27-20-11-26-29(14-20)13-19-5-3-4-6-21(19)24/h3-11,14H,12-13H2,1-2H3,(H,27,31). The normalized spacial score (nSPS) is 11.0. The second-order valence-corrected chi connectivity index (χ2v) is 8.10. The van der Waals surface area contributed by atoms with Gasteiger partial charge in [-0.2, -0.15) is 10.2 Å². The van der Waals surface area contributed by atoms with Crippen LogP contribution in [-0.2, 0) is 13.1 Å². The minimum Gasteiger partial charge on any atom is -0.319 e. The number of hydrogen-bond donors (Lipinski definition) is 1. The number of hydrogen-bond acceptors (Lipinski definition) is 3. The number of aryl methyl sites for hydroxylation is 1. The molecule has 158 valence electrons. The van der Waals surface area contributed by atoms with E-state index in [0.29, 0.717) is 34.4 Å². The van der Waals surface area contributed by atoms with E-state index in [1.165, 1.54) is 0 Å². The van der Waals surface area contributed by atoms with Gasteiger partial charge in [0.2, 0.25) is 0 Å². The first-order valence-electron chi connectivity index (χ1n) is 9.76. The Morgan fingerprint density at radius 1 is 1.03 bits per heavy atom. The van der Waals surface area contributed by atoms with Crippen LogP contribution in [-0.4, -0.2) is 25.5 Å². The lowest BCUT2D eigenvalue weighted by atomic mass is 10.1. The van der Waals surface area contributed by atoms with Crippen LogP contribution in [0.5, 0.6) is 0 Å². The Labute approximate surface area is 190 Å². The van der Waals surface area contributed by atoms with Gasteiger partial charge in [-0.25, -0.2) is 0 Å². The lowest BCUT2D eigenvalue weighted by molar-refractivity contribution is 0.102. The number of rotatable bonds is 6. The molecule has 0 aliphatic rings. The monoisotopic (exact) mass is 453 g/mol. The number of anilines is 1. The zero-order chi connectivity index (χ0) is 22.0. The number of nitrogens with zero attached hydrogens (tertiary/aromatic N) is 4. The molecule has 31 heavy (non-hydrogen) atoms. The van der Waals surface area contributed by atoms with Crippen LogP contribution in [0.4, 0.5) is 5.69 Å². The highest BCUT2D eigenvalue weighted by Crippen LogP contribution is 2.20. The molecule has 6 nitrogen and oxygen atoms in total. The number of halogens is 2. The van der Waals surface area contributed by atoms with Crippen molar-refractivity contribution in [2.45, 2.75) is 26.9 Å². The second-order valence-electron chi connectivity index (χ2n) is 7.31. The summed E-state index contributed by atoms with van der Waals surface area (Å²) in [5.74, 6) is -0.196. The van der Waals surface area contributed by atoms with Crippen molar-refractivity contribution in [1.82, 2.24) is 19.6 Å². The molecular formula is C23H21Cl2N5O. The molecule has 0 saturated carbocycles. The van der Waals surface area contributed by atoms with Crippen molar-refractivity contribution in [2.75, 3.05) is 5.32 Å². The van der Waals surface area contributed by atoms with Gasteiger partial charge in [-0.1, -0.05) is 53.5 Å². The highest BCUT2D eigenvalue weighted by atomic mass is 35.5. The number of aromatic nitrogens is 4. The number of nitrogens with one attached hydrogen (secondary N) is 1. The topological polar surface area (TPSA) is 64.7 Å². The SMILES string of the molecule is Cc1nn(Cc2ccc(C(=O)Nc3cnn(Cc4ccccc4Cl)c3)cc2)c(C)c1Cl. The van der Waals surface area contributed by atoms with Crippen molar-refractivity contribution in [1.29, 1.82) is 0 Å². The van der Waals surface area contributed by atoms with E-state index in [-0.39, 0.29) is 5.91 Å². The van der Waals surface area contributed by atoms with Crippen molar-refractivity contribution < 1.29 is 4.79 Å². The molecule has 0 aliphatic heterocycles. The summed E-state index contributed by atoms with van der Waals surface area (Å²) in [4.78, 5) is 12.6. The molecule has 8 heteroatoms. The van der Waals surface area contributed by atoms with Crippen LogP contribution in [0.3, 0.4) is 0 Å². The first-order chi connectivity index (χ1) is 14.9. The maximum Gasteiger partial charge on any atom is 0.255 e. The molecule has 4 rings (SSSR count). The quantitative estimate of drug-likeness (QED) is 0.427. The Hall–Kier alpha value is -3.09. The summed E-state index contributed by atoms with van der Waals surface area (Å²) in [6.45, 7) is 4.95. The Morgan fingerprint density at radius 3 is 2.45 bits per heavy atom. The lowest BCUT2D eigenvalue weighted by Gasteiger charge is -2.07. The van der Waals surface area contributed by atoms with E-state index in [4.69, 9.17) is 23.2 Å². The maximum absolute atomic E-state index is 12.6. The van der Waals surface area contributed by atoms with Crippen LogP contribution < -0.4 is 5.32 Å². The summed E-state index contributed by atoms with van der Waals surface area (Å²) in [6.07, 6.45) is 3.40. The first-order valence-corrected chi connectivity index (χ1v) is 10.5. The van der Waals surface area contributed by atoms with Crippen LogP contribution in [0.2, 0.25) is 10.0 Å². The van der Waals surface area contributed by atoms with Crippen molar-refractivity contribution >= 4 is 34.8 Å². The molecule has 0 spiro atoms. The predicted molar refractivity (Wildman–Crippen MR) is 123 cm³/mol. The molecule has 0 atom stereocenters. The summed E-state index contributed by atoms with van der Waals surface area (Å²) in [7, 11) is 0. The van der Waals surface area contributed by atoms with Gasteiger partial charge in [-0.05, 0) is 43.2 Å². The van der Waals surface area contributed by atoms with Crippen molar-refractivity contribution in [3.63, 3.8) is 0 Å². The Balaban J connectivity index is 1.39. The lowest BCUT2D eigenvalue weighted by Crippen LogP contribution is -2.12. The fraction of sp³-hybridized carbons (Fsp3) is 0.174. The van der Waals surface area contributed by atoms with E-state index in [1.54, 1.807) is 29.2 Å². The van der Waals surface area contributed by atoms with Gasteiger partial charge in [0.25, 0.3) is 5.91 Å². The molecule has 0 saturated heterocycles. The largest absolute Gasteiger partial charge is 0.319 e. The van der Waals surface area contributed by atoms with Crippen LogP contribution in [0.25, 0.3) is 0 Å². The van der Waals surface area contributed by atoms with Crippen LogP contribution in [0.15, 0.2) is 60.9 Å². The fourth-order valence-electron chi connectivity index (χ4n) is 3.28. The molecule has 2 aromatic heterocycles. The molecule has 0 radical (unpaired) electrons. The second kappa shape index (κ2) is 8.96. The van der Waals surface area contributed by atoms with E-state index in [9.17, 15) is 4.79 Å². The predicted octanol–water partition coefficient (Wildman–Crippen LogP) is 5.35. The Kier molecular flexibility index (Phi) is 6.11. The highest BCUT2D eigenvalue weighted by Gasteiger charge is 2.11. The van der Waals surface area contributed by atoms with Gasteiger partial charge in [0.05, 0.1) is 41.4 Å². The van der Waals surface area contributed by atoms with Crippen LogP contribution in [0, 0.1) is 13.8 Å². The zero-order valence-corrected chi connectivity index (χ0v) is 18.7. The van der Waals surface area contributed by atoms with Crippen LogP contribution >= 0.6 is 23.2 Å². The van der Waals surface area contributed by atoms with E-state index in [1.807, 2.05) is 54.9 Å². The smallest absolute Gasteiger partial charge is 0.255 e. The van der Waals surface area contributed by atoms with E-state index >= 15 is 0 Å². The minimum atomic E-state index is -0.196. The van der Waals surface area contributed by atoms with Crippen LogP contribution in [0.1, 0.15) is 32.9 Å². The minimum absolute atomic E-state index is 0.196. The molecule has 0 fully saturated rings. The van der Waals surface area contributed by atoms with E-state index in [0.717, 1.165) is 22.5 Å². The molecule has 0 unspecified atom stereocenters. The zero-order valence-electron chi connectivity index (χ0n) is 17.1. The molecule has 0 aliphatic carbocycles. The summed E-state index contributed by atoms with van der Waals surface area (Å²) >= 11 is 12.4. The third-order valence-corrected chi connectivity index (χ3v) is 5.94. The van der Waals surface area contributed by atoms with E-state index < -0.39 is 0 Å². The van der Waals surface area contributed by atoms with Gasteiger partial charge in [0.1, 0.15) is 0 Å². The van der Waals surface area contributed by atoms with Gasteiger partial charge < -0.3 is 5.32 Å². The van der Waals surface area contributed by atoms with Crippen molar-refractivity contribution in [3.05, 3.63) is 99.0 Å². The highest BCUT2D eigenvalue weighted by molar-refractivity contribution is 6.32. The molecule has 1 N–H and O–H groups in total.